The van der Waals surface area contributed by atoms with Gasteiger partial charge in [-0.1, -0.05) is 35.3 Å². The van der Waals surface area contributed by atoms with Gasteiger partial charge >= 0.3 is 0 Å². The molecule has 3 N–H and O–H groups in total. The van der Waals surface area contributed by atoms with Crippen molar-refractivity contribution in [2.75, 3.05) is 18.1 Å². The highest BCUT2D eigenvalue weighted by Crippen LogP contribution is 2.31. The number of nitrogens with one attached hydrogen (secondary N) is 1. The lowest BCUT2D eigenvalue weighted by atomic mass is 10.0. The maximum Gasteiger partial charge on any atom is 0.0643 e. The van der Waals surface area contributed by atoms with Crippen molar-refractivity contribution < 1.29 is 0 Å². The van der Waals surface area contributed by atoms with Crippen molar-refractivity contribution >= 4 is 34.6 Å². The second kappa shape index (κ2) is 4.86. The van der Waals surface area contributed by atoms with Crippen LogP contribution < -0.4 is 11.1 Å². The number of hydrogen-bond donors (Lipinski definition) is 2. The van der Waals surface area contributed by atoms with E-state index in [9.17, 15) is 0 Å². The fraction of sp³-hybridized carbons (Fsp3) is 0.0769. The van der Waals surface area contributed by atoms with E-state index in [2.05, 4.69) is 5.32 Å². The maximum absolute atomic E-state index is 6.13. The summed E-state index contributed by atoms with van der Waals surface area (Å²) < 4.78 is 0. The highest BCUT2D eigenvalue weighted by atomic mass is 35.5. The van der Waals surface area contributed by atoms with Crippen LogP contribution in [0.5, 0.6) is 0 Å². The molecule has 88 valence electrons. The summed E-state index contributed by atoms with van der Waals surface area (Å²) in [5.41, 5.74) is 9.16. The minimum Gasteiger partial charge on any atom is -0.398 e. The molecule has 2 nitrogen and oxygen atoms in total. The number of hydrogen-bond acceptors (Lipinski definition) is 2. The molecule has 17 heavy (non-hydrogen) atoms. The van der Waals surface area contributed by atoms with E-state index in [-0.39, 0.29) is 0 Å². The molecule has 0 aliphatic rings. The van der Waals surface area contributed by atoms with Crippen molar-refractivity contribution in [3.05, 3.63) is 46.4 Å². The molecule has 2 aromatic carbocycles. The van der Waals surface area contributed by atoms with Crippen molar-refractivity contribution in [2.24, 2.45) is 0 Å². The van der Waals surface area contributed by atoms with Gasteiger partial charge in [0.1, 0.15) is 0 Å². The highest BCUT2D eigenvalue weighted by Gasteiger charge is 2.04. The van der Waals surface area contributed by atoms with E-state index in [0.717, 1.165) is 16.8 Å². The number of benzene rings is 2. The zero-order valence-corrected chi connectivity index (χ0v) is 10.8. The van der Waals surface area contributed by atoms with Crippen LogP contribution in [0.2, 0.25) is 10.0 Å². The first-order valence-corrected chi connectivity index (χ1v) is 5.90. The lowest BCUT2D eigenvalue weighted by molar-refractivity contribution is 1.51. The minimum atomic E-state index is 0.552. The number of nitrogens with two attached hydrogens (primary N) is 1. The summed E-state index contributed by atoms with van der Waals surface area (Å²) in [5, 5.41) is 4.25. The zero-order valence-electron chi connectivity index (χ0n) is 9.30. The Kier molecular flexibility index (Phi) is 3.46. The zero-order chi connectivity index (χ0) is 12.4. The first-order valence-electron chi connectivity index (χ1n) is 5.14. The van der Waals surface area contributed by atoms with E-state index in [0.29, 0.717) is 15.7 Å². The van der Waals surface area contributed by atoms with Gasteiger partial charge in [0.25, 0.3) is 0 Å². The van der Waals surface area contributed by atoms with E-state index >= 15 is 0 Å². The Bertz CT molecular complexity index is 553. The van der Waals surface area contributed by atoms with Crippen molar-refractivity contribution in [3.63, 3.8) is 0 Å². The van der Waals surface area contributed by atoms with Gasteiger partial charge in [0.15, 0.2) is 0 Å². The normalized spacial score (nSPS) is 10.3. The van der Waals surface area contributed by atoms with Crippen molar-refractivity contribution in [1.29, 1.82) is 0 Å². The van der Waals surface area contributed by atoms with Crippen LogP contribution in [0.1, 0.15) is 0 Å². The Balaban J connectivity index is 2.46. The number of nitrogen functional groups attached to an aromatic ring is 1. The molecule has 0 aromatic heterocycles. The molecule has 0 saturated heterocycles. The molecule has 0 aliphatic carbocycles. The molecule has 0 saturated carbocycles. The van der Waals surface area contributed by atoms with Crippen molar-refractivity contribution in [2.45, 2.75) is 0 Å². The predicted molar refractivity (Wildman–Crippen MR) is 75.9 cm³/mol. The Labute approximate surface area is 110 Å². The number of halogens is 2. The summed E-state index contributed by atoms with van der Waals surface area (Å²) in [6.45, 7) is 0. The summed E-state index contributed by atoms with van der Waals surface area (Å²) in [7, 11) is 1.83. The quantitative estimate of drug-likeness (QED) is 0.797. The van der Waals surface area contributed by atoms with Gasteiger partial charge in [0, 0.05) is 7.05 Å². The van der Waals surface area contributed by atoms with Crippen LogP contribution in [-0.4, -0.2) is 7.05 Å². The molecule has 0 amide bonds. The van der Waals surface area contributed by atoms with E-state index < -0.39 is 0 Å². The van der Waals surface area contributed by atoms with Crippen LogP contribution in [0.25, 0.3) is 11.1 Å². The second-order valence-corrected chi connectivity index (χ2v) is 4.50. The molecule has 2 rings (SSSR count). The fourth-order valence-electron chi connectivity index (χ4n) is 1.60. The van der Waals surface area contributed by atoms with Crippen LogP contribution in [0.4, 0.5) is 11.4 Å². The molecule has 0 unspecified atom stereocenters. The molecule has 4 heteroatoms. The van der Waals surface area contributed by atoms with Gasteiger partial charge in [0.2, 0.25) is 0 Å². The van der Waals surface area contributed by atoms with Crippen LogP contribution >= 0.6 is 23.2 Å². The molecular weight excluding hydrogens is 255 g/mol. The fourth-order valence-corrected chi connectivity index (χ4v) is 2.06. The Morgan fingerprint density at radius 2 is 1.53 bits per heavy atom. The topological polar surface area (TPSA) is 38.0 Å². The molecule has 0 atom stereocenters. The molecule has 0 bridgehead atoms. The Morgan fingerprint density at radius 1 is 0.941 bits per heavy atom. The van der Waals surface area contributed by atoms with E-state index in [1.54, 1.807) is 6.07 Å². The van der Waals surface area contributed by atoms with Crippen LogP contribution in [-0.2, 0) is 0 Å². The Morgan fingerprint density at radius 3 is 2.06 bits per heavy atom. The number of anilines is 2. The van der Waals surface area contributed by atoms with E-state index in [1.165, 1.54) is 0 Å². The van der Waals surface area contributed by atoms with Crippen LogP contribution in [0.15, 0.2) is 36.4 Å². The lowest BCUT2D eigenvalue weighted by Crippen LogP contribution is -1.90. The first kappa shape index (κ1) is 12.1. The molecule has 0 spiro atoms. The molecule has 0 heterocycles. The monoisotopic (exact) mass is 266 g/mol. The largest absolute Gasteiger partial charge is 0.398 e. The summed E-state index contributed by atoms with van der Waals surface area (Å²) in [6, 6.07) is 11.4. The third-order valence-corrected chi connectivity index (χ3v) is 3.21. The van der Waals surface area contributed by atoms with Gasteiger partial charge in [-0.2, -0.15) is 0 Å². The third-order valence-electron chi connectivity index (χ3n) is 2.57. The maximum atomic E-state index is 6.13. The average molecular weight is 267 g/mol. The standard InChI is InChI=1S/C13H12Cl2N2/c1-17-13-5-3-9(7-11(13)15)8-2-4-12(16)10(14)6-8/h2-7,17H,16H2,1H3. The average Bonchev–Trinajstić information content (AvgIpc) is 2.32. The summed E-state index contributed by atoms with van der Waals surface area (Å²) in [4.78, 5) is 0. The first-order chi connectivity index (χ1) is 8.11. The number of rotatable bonds is 2. The van der Waals surface area contributed by atoms with Gasteiger partial charge in [-0.05, 0) is 35.4 Å². The van der Waals surface area contributed by atoms with Gasteiger partial charge < -0.3 is 11.1 Å². The van der Waals surface area contributed by atoms with Gasteiger partial charge in [-0.15, -0.1) is 0 Å². The molecule has 2 aromatic rings. The predicted octanol–water partition coefficient (Wildman–Crippen LogP) is 4.28. The summed E-state index contributed by atoms with van der Waals surface area (Å²) in [5.74, 6) is 0. The van der Waals surface area contributed by atoms with E-state index in [4.69, 9.17) is 28.9 Å². The van der Waals surface area contributed by atoms with Gasteiger partial charge in [-0.25, -0.2) is 0 Å². The van der Waals surface area contributed by atoms with Crippen LogP contribution in [0.3, 0.4) is 0 Å². The van der Waals surface area contributed by atoms with Crippen LogP contribution in [0, 0.1) is 0 Å². The van der Waals surface area contributed by atoms with Gasteiger partial charge in [-0.3, -0.25) is 0 Å². The Hall–Kier alpha value is -1.38. The third kappa shape index (κ3) is 2.48. The van der Waals surface area contributed by atoms with Crippen molar-refractivity contribution in [1.82, 2.24) is 0 Å². The summed E-state index contributed by atoms with van der Waals surface area (Å²) >= 11 is 12.1. The lowest BCUT2D eigenvalue weighted by Gasteiger charge is -2.08. The second-order valence-electron chi connectivity index (χ2n) is 3.68. The molecular formula is C13H12Cl2N2. The smallest absolute Gasteiger partial charge is 0.0643 e. The molecule has 0 aliphatic heterocycles. The molecule has 0 fully saturated rings. The van der Waals surface area contributed by atoms with Crippen molar-refractivity contribution in [3.8, 4) is 11.1 Å². The van der Waals surface area contributed by atoms with E-state index in [1.807, 2.05) is 37.4 Å². The minimum absolute atomic E-state index is 0.552. The molecule has 0 radical (unpaired) electrons. The summed E-state index contributed by atoms with van der Waals surface area (Å²) in [6.07, 6.45) is 0. The highest BCUT2D eigenvalue weighted by molar-refractivity contribution is 6.34. The SMILES string of the molecule is CNc1ccc(-c2ccc(N)c(Cl)c2)cc1Cl. The van der Waals surface area contributed by atoms with Gasteiger partial charge in [0.05, 0.1) is 21.4 Å².